The molecule has 2 rings (SSSR count). The first kappa shape index (κ1) is 17.0. The molecule has 1 atom stereocenters. The van der Waals surface area contributed by atoms with Crippen LogP contribution in [0.15, 0.2) is 48.5 Å². The number of amides is 1. The van der Waals surface area contributed by atoms with Gasteiger partial charge < -0.3 is 15.2 Å². The number of aliphatic hydroxyl groups is 1. The normalized spacial score (nSPS) is 11.8. The van der Waals surface area contributed by atoms with E-state index in [4.69, 9.17) is 4.74 Å². The van der Waals surface area contributed by atoms with Gasteiger partial charge in [0.15, 0.2) is 6.61 Å². The Morgan fingerprint density at radius 3 is 2.39 bits per heavy atom. The Hall–Kier alpha value is -2.33. The molecule has 0 aliphatic rings. The van der Waals surface area contributed by atoms with Crippen LogP contribution in [0.25, 0.3) is 0 Å². The van der Waals surface area contributed by atoms with Crippen LogP contribution in [-0.4, -0.2) is 17.6 Å². The molecule has 122 valence electrons. The second-order valence-electron chi connectivity index (χ2n) is 5.54. The molecule has 0 saturated heterocycles. The molecule has 0 aliphatic carbocycles. The average molecular weight is 313 g/mol. The van der Waals surface area contributed by atoms with E-state index in [1.807, 2.05) is 50.2 Å². The molecule has 0 bridgehead atoms. The standard InChI is InChI=1S/C19H23NO3/c1-3-18(21)16-8-10-17(11-9-16)23-13-19(22)20-12-15-6-4-14(2)5-7-15/h4-11,18,21H,3,12-13H2,1-2H3,(H,20,22). The molecule has 0 radical (unpaired) electrons. The predicted molar refractivity (Wildman–Crippen MR) is 90.2 cm³/mol. The van der Waals surface area contributed by atoms with Crippen molar-refractivity contribution < 1.29 is 14.6 Å². The lowest BCUT2D eigenvalue weighted by Crippen LogP contribution is -2.28. The summed E-state index contributed by atoms with van der Waals surface area (Å²) < 4.78 is 5.45. The minimum Gasteiger partial charge on any atom is -0.484 e. The van der Waals surface area contributed by atoms with Crippen molar-refractivity contribution in [1.82, 2.24) is 5.32 Å². The maximum atomic E-state index is 11.8. The van der Waals surface area contributed by atoms with E-state index >= 15 is 0 Å². The van der Waals surface area contributed by atoms with Crippen molar-refractivity contribution in [3.8, 4) is 5.75 Å². The Morgan fingerprint density at radius 2 is 1.78 bits per heavy atom. The second kappa shape index (κ2) is 8.34. The first-order valence-corrected chi connectivity index (χ1v) is 7.81. The third-order valence-corrected chi connectivity index (χ3v) is 3.63. The number of benzene rings is 2. The van der Waals surface area contributed by atoms with Crippen molar-refractivity contribution in [2.24, 2.45) is 0 Å². The molecule has 4 heteroatoms. The zero-order valence-electron chi connectivity index (χ0n) is 13.6. The molecular weight excluding hydrogens is 290 g/mol. The molecule has 23 heavy (non-hydrogen) atoms. The molecule has 0 spiro atoms. The highest BCUT2D eigenvalue weighted by Crippen LogP contribution is 2.19. The highest BCUT2D eigenvalue weighted by molar-refractivity contribution is 5.77. The van der Waals surface area contributed by atoms with Gasteiger partial charge in [-0.25, -0.2) is 0 Å². The van der Waals surface area contributed by atoms with Gasteiger partial charge in [-0.1, -0.05) is 48.9 Å². The number of ether oxygens (including phenoxy) is 1. The quantitative estimate of drug-likeness (QED) is 0.825. The number of rotatable bonds is 7. The number of carbonyl (C=O) groups excluding carboxylic acids is 1. The van der Waals surface area contributed by atoms with Crippen LogP contribution in [0.1, 0.15) is 36.1 Å². The summed E-state index contributed by atoms with van der Waals surface area (Å²) in [5.74, 6) is 0.450. The first-order valence-electron chi connectivity index (χ1n) is 7.81. The van der Waals surface area contributed by atoms with Crippen LogP contribution in [0.4, 0.5) is 0 Å². The van der Waals surface area contributed by atoms with Gasteiger partial charge in [0.2, 0.25) is 0 Å². The molecule has 0 saturated carbocycles. The maximum absolute atomic E-state index is 11.8. The van der Waals surface area contributed by atoms with Gasteiger partial charge in [-0.05, 0) is 36.6 Å². The van der Waals surface area contributed by atoms with Crippen LogP contribution in [0.2, 0.25) is 0 Å². The van der Waals surface area contributed by atoms with Gasteiger partial charge in [0.05, 0.1) is 6.10 Å². The highest BCUT2D eigenvalue weighted by atomic mass is 16.5. The molecule has 2 aromatic carbocycles. The van der Waals surface area contributed by atoms with Crippen molar-refractivity contribution >= 4 is 5.91 Å². The molecule has 2 aromatic rings. The lowest BCUT2D eigenvalue weighted by Gasteiger charge is -2.10. The summed E-state index contributed by atoms with van der Waals surface area (Å²) in [5, 5.41) is 12.6. The second-order valence-corrected chi connectivity index (χ2v) is 5.54. The Morgan fingerprint density at radius 1 is 1.13 bits per heavy atom. The fourth-order valence-electron chi connectivity index (χ4n) is 2.13. The average Bonchev–Trinajstić information content (AvgIpc) is 2.59. The molecule has 0 aromatic heterocycles. The molecule has 0 fully saturated rings. The monoisotopic (exact) mass is 313 g/mol. The maximum Gasteiger partial charge on any atom is 0.258 e. The fourth-order valence-corrected chi connectivity index (χ4v) is 2.13. The van der Waals surface area contributed by atoms with Crippen LogP contribution in [0.3, 0.4) is 0 Å². The summed E-state index contributed by atoms with van der Waals surface area (Å²) in [7, 11) is 0. The van der Waals surface area contributed by atoms with E-state index in [1.165, 1.54) is 5.56 Å². The number of nitrogens with one attached hydrogen (secondary N) is 1. The predicted octanol–water partition coefficient (Wildman–Crippen LogP) is 3.13. The van der Waals surface area contributed by atoms with E-state index in [9.17, 15) is 9.90 Å². The topological polar surface area (TPSA) is 58.6 Å². The van der Waals surface area contributed by atoms with Gasteiger partial charge in [0, 0.05) is 6.54 Å². The van der Waals surface area contributed by atoms with Gasteiger partial charge in [0.1, 0.15) is 5.75 Å². The zero-order chi connectivity index (χ0) is 16.7. The first-order chi connectivity index (χ1) is 11.1. The molecule has 1 amide bonds. The van der Waals surface area contributed by atoms with Gasteiger partial charge in [-0.3, -0.25) is 4.79 Å². The van der Waals surface area contributed by atoms with E-state index in [1.54, 1.807) is 12.1 Å². The van der Waals surface area contributed by atoms with Gasteiger partial charge >= 0.3 is 0 Å². The van der Waals surface area contributed by atoms with Crippen molar-refractivity contribution in [3.63, 3.8) is 0 Å². The van der Waals surface area contributed by atoms with Crippen molar-refractivity contribution in [3.05, 3.63) is 65.2 Å². The van der Waals surface area contributed by atoms with Crippen LogP contribution in [0, 0.1) is 6.92 Å². The summed E-state index contributed by atoms with van der Waals surface area (Å²) in [4.78, 5) is 11.8. The summed E-state index contributed by atoms with van der Waals surface area (Å²) in [6.07, 6.45) is 0.212. The number of aryl methyl sites for hydroxylation is 1. The Labute approximate surface area is 137 Å². The number of aliphatic hydroxyl groups excluding tert-OH is 1. The van der Waals surface area contributed by atoms with Crippen LogP contribution in [0.5, 0.6) is 5.75 Å². The van der Waals surface area contributed by atoms with Crippen LogP contribution in [-0.2, 0) is 11.3 Å². The molecule has 2 N–H and O–H groups in total. The van der Waals surface area contributed by atoms with E-state index in [0.717, 1.165) is 11.1 Å². The van der Waals surface area contributed by atoms with Crippen LogP contribution >= 0.6 is 0 Å². The fraction of sp³-hybridized carbons (Fsp3) is 0.316. The Bertz CT molecular complexity index is 620. The molecular formula is C19H23NO3. The smallest absolute Gasteiger partial charge is 0.258 e. The van der Waals surface area contributed by atoms with E-state index in [2.05, 4.69) is 5.32 Å². The Balaban J connectivity index is 1.76. The number of carbonyl (C=O) groups is 1. The number of hydrogen-bond donors (Lipinski definition) is 2. The van der Waals surface area contributed by atoms with E-state index in [-0.39, 0.29) is 12.5 Å². The summed E-state index contributed by atoms with van der Waals surface area (Å²) >= 11 is 0. The third kappa shape index (κ3) is 5.42. The molecule has 1 unspecified atom stereocenters. The highest BCUT2D eigenvalue weighted by Gasteiger charge is 2.06. The van der Waals surface area contributed by atoms with Crippen LogP contribution < -0.4 is 10.1 Å². The SMILES string of the molecule is CCC(O)c1ccc(OCC(=O)NCc2ccc(C)cc2)cc1. The summed E-state index contributed by atoms with van der Waals surface area (Å²) in [6.45, 7) is 4.42. The Kier molecular flexibility index (Phi) is 6.18. The summed E-state index contributed by atoms with van der Waals surface area (Å²) in [6, 6.07) is 15.2. The lowest BCUT2D eigenvalue weighted by molar-refractivity contribution is -0.123. The molecule has 4 nitrogen and oxygen atoms in total. The van der Waals surface area contributed by atoms with Crippen molar-refractivity contribution in [2.45, 2.75) is 32.9 Å². The lowest BCUT2D eigenvalue weighted by atomic mass is 10.1. The number of hydrogen-bond acceptors (Lipinski definition) is 3. The molecule has 0 heterocycles. The van der Waals surface area contributed by atoms with Crippen molar-refractivity contribution in [2.75, 3.05) is 6.61 Å². The molecule has 0 aliphatic heterocycles. The largest absolute Gasteiger partial charge is 0.484 e. The van der Waals surface area contributed by atoms with E-state index in [0.29, 0.717) is 18.7 Å². The zero-order valence-corrected chi connectivity index (χ0v) is 13.6. The van der Waals surface area contributed by atoms with E-state index < -0.39 is 6.10 Å². The summed E-state index contributed by atoms with van der Waals surface area (Å²) in [5.41, 5.74) is 3.10. The van der Waals surface area contributed by atoms with Gasteiger partial charge in [-0.15, -0.1) is 0 Å². The van der Waals surface area contributed by atoms with Gasteiger partial charge in [0.25, 0.3) is 5.91 Å². The minimum atomic E-state index is -0.457. The third-order valence-electron chi connectivity index (χ3n) is 3.63. The minimum absolute atomic E-state index is 0.0263. The van der Waals surface area contributed by atoms with Gasteiger partial charge in [-0.2, -0.15) is 0 Å². The van der Waals surface area contributed by atoms with Crippen molar-refractivity contribution in [1.29, 1.82) is 0 Å².